The fourth-order valence-corrected chi connectivity index (χ4v) is 2.49. The first-order valence-corrected chi connectivity index (χ1v) is 6.82. The summed E-state index contributed by atoms with van der Waals surface area (Å²) in [4.78, 5) is 2.44. The summed E-state index contributed by atoms with van der Waals surface area (Å²) in [6, 6.07) is 12.1. The van der Waals surface area contributed by atoms with E-state index in [1.54, 1.807) is 6.20 Å². The highest BCUT2D eigenvalue weighted by Gasteiger charge is 2.20. The zero-order chi connectivity index (χ0) is 12.9. The van der Waals surface area contributed by atoms with Crippen molar-refractivity contribution in [2.24, 2.45) is 0 Å². The Morgan fingerprint density at radius 2 is 1.95 bits per heavy atom. The quantitative estimate of drug-likeness (QED) is 0.914. The molecule has 1 aromatic carbocycles. The van der Waals surface area contributed by atoms with E-state index >= 15 is 0 Å². The molecule has 0 bridgehead atoms. The molecule has 3 rings (SSSR count). The van der Waals surface area contributed by atoms with Crippen LogP contribution in [0.1, 0.15) is 18.5 Å². The van der Waals surface area contributed by atoms with E-state index in [9.17, 15) is 0 Å². The van der Waals surface area contributed by atoms with Crippen LogP contribution in [0.25, 0.3) is 0 Å². The lowest BCUT2D eigenvalue weighted by Crippen LogP contribution is -2.37. The van der Waals surface area contributed by atoms with Crippen LogP contribution in [-0.2, 0) is 6.54 Å². The second kappa shape index (κ2) is 5.89. The molecular weight excluding hydrogens is 238 g/mol. The number of benzene rings is 1. The van der Waals surface area contributed by atoms with Crippen LogP contribution in [0.2, 0.25) is 0 Å². The number of likely N-dealkylation sites (tertiary alicyclic amines) is 1. The second-order valence-electron chi connectivity index (χ2n) is 4.99. The van der Waals surface area contributed by atoms with Crippen LogP contribution in [0.5, 0.6) is 5.75 Å². The van der Waals surface area contributed by atoms with E-state index in [4.69, 9.17) is 4.74 Å². The lowest BCUT2D eigenvalue weighted by Gasteiger charge is -2.31. The number of nitrogens with zero attached hydrogens (tertiary/aromatic N) is 2. The largest absolute Gasteiger partial charge is 0.490 e. The van der Waals surface area contributed by atoms with Gasteiger partial charge in [0, 0.05) is 31.5 Å². The Bertz CT molecular complexity index is 475. The third-order valence-electron chi connectivity index (χ3n) is 3.53. The number of nitrogens with one attached hydrogen (secondary N) is 1. The van der Waals surface area contributed by atoms with Crippen LogP contribution in [0, 0.1) is 0 Å². The standard InChI is InChI=1S/C15H19N3O/c1-2-4-14(5-3-1)19-15-7-10-18(11-8-15)12-13-6-9-16-17-13/h1-6,9,15H,7-8,10-12H2,(H,16,17). The number of hydrogen-bond donors (Lipinski definition) is 1. The van der Waals surface area contributed by atoms with E-state index in [0.29, 0.717) is 6.10 Å². The van der Waals surface area contributed by atoms with Crippen molar-refractivity contribution in [3.63, 3.8) is 0 Å². The molecule has 19 heavy (non-hydrogen) atoms. The second-order valence-corrected chi connectivity index (χ2v) is 4.99. The van der Waals surface area contributed by atoms with Crippen LogP contribution >= 0.6 is 0 Å². The van der Waals surface area contributed by atoms with Crippen molar-refractivity contribution in [2.45, 2.75) is 25.5 Å². The molecule has 4 nitrogen and oxygen atoms in total. The average molecular weight is 257 g/mol. The summed E-state index contributed by atoms with van der Waals surface area (Å²) in [7, 11) is 0. The first-order valence-electron chi connectivity index (χ1n) is 6.82. The third kappa shape index (κ3) is 3.35. The number of H-pyrrole nitrogens is 1. The molecule has 0 radical (unpaired) electrons. The minimum atomic E-state index is 0.348. The Hall–Kier alpha value is -1.81. The molecule has 1 N–H and O–H groups in total. The van der Waals surface area contributed by atoms with Crippen LogP contribution in [0.3, 0.4) is 0 Å². The van der Waals surface area contributed by atoms with Gasteiger partial charge in [0.15, 0.2) is 0 Å². The van der Waals surface area contributed by atoms with Gasteiger partial charge >= 0.3 is 0 Å². The van der Waals surface area contributed by atoms with Crippen molar-refractivity contribution in [1.29, 1.82) is 0 Å². The summed E-state index contributed by atoms with van der Waals surface area (Å²) in [6.07, 6.45) is 4.33. The van der Waals surface area contributed by atoms with Gasteiger partial charge in [-0.05, 0) is 31.0 Å². The number of hydrogen-bond acceptors (Lipinski definition) is 3. The minimum Gasteiger partial charge on any atom is -0.490 e. The van der Waals surface area contributed by atoms with Crippen molar-refractivity contribution < 1.29 is 4.74 Å². The summed E-state index contributed by atoms with van der Waals surface area (Å²) in [5, 5.41) is 6.99. The molecule has 1 aliphatic rings. The van der Waals surface area contributed by atoms with Crippen molar-refractivity contribution >= 4 is 0 Å². The molecule has 0 spiro atoms. The Morgan fingerprint density at radius 3 is 2.63 bits per heavy atom. The maximum Gasteiger partial charge on any atom is 0.119 e. The molecule has 0 aliphatic carbocycles. The van der Waals surface area contributed by atoms with Gasteiger partial charge in [-0.25, -0.2) is 0 Å². The predicted molar refractivity (Wildman–Crippen MR) is 74.0 cm³/mol. The molecular formula is C15H19N3O. The van der Waals surface area contributed by atoms with Gasteiger partial charge in [-0.3, -0.25) is 10.00 Å². The smallest absolute Gasteiger partial charge is 0.119 e. The molecule has 2 aromatic rings. The topological polar surface area (TPSA) is 41.1 Å². The highest BCUT2D eigenvalue weighted by atomic mass is 16.5. The molecule has 4 heteroatoms. The molecule has 0 amide bonds. The van der Waals surface area contributed by atoms with Gasteiger partial charge in [-0.1, -0.05) is 18.2 Å². The number of para-hydroxylation sites is 1. The Morgan fingerprint density at radius 1 is 1.16 bits per heavy atom. The fraction of sp³-hybridized carbons (Fsp3) is 0.400. The van der Waals surface area contributed by atoms with E-state index in [2.05, 4.69) is 15.1 Å². The monoisotopic (exact) mass is 257 g/mol. The Labute approximate surface area is 113 Å². The van der Waals surface area contributed by atoms with E-state index < -0.39 is 0 Å². The summed E-state index contributed by atoms with van der Waals surface area (Å²) in [5.74, 6) is 0.981. The maximum atomic E-state index is 5.99. The number of ether oxygens (including phenoxy) is 1. The minimum absolute atomic E-state index is 0.348. The molecule has 1 aromatic heterocycles. The summed E-state index contributed by atoms with van der Waals surface area (Å²) >= 11 is 0. The zero-order valence-corrected chi connectivity index (χ0v) is 11.0. The van der Waals surface area contributed by atoms with Crippen molar-refractivity contribution in [3.8, 4) is 5.75 Å². The first kappa shape index (κ1) is 12.2. The van der Waals surface area contributed by atoms with Gasteiger partial charge in [0.05, 0.1) is 0 Å². The number of rotatable bonds is 4. The molecule has 0 saturated carbocycles. The molecule has 1 saturated heterocycles. The summed E-state index contributed by atoms with van der Waals surface area (Å²) < 4.78 is 5.99. The first-order chi connectivity index (χ1) is 9.40. The Kier molecular flexibility index (Phi) is 3.79. The summed E-state index contributed by atoms with van der Waals surface area (Å²) in [6.45, 7) is 3.12. The molecule has 100 valence electrons. The number of aromatic amines is 1. The van der Waals surface area contributed by atoms with Crippen LogP contribution in [-0.4, -0.2) is 34.3 Å². The van der Waals surface area contributed by atoms with E-state index in [0.717, 1.165) is 38.2 Å². The molecule has 0 atom stereocenters. The average Bonchev–Trinajstić information content (AvgIpc) is 2.95. The molecule has 2 heterocycles. The highest BCUT2D eigenvalue weighted by molar-refractivity contribution is 5.21. The van der Waals surface area contributed by atoms with Crippen LogP contribution in [0.4, 0.5) is 0 Å². The van der Waals surface area contributed by atoms with Gasteiger partial charge in [0.2, 0.25) is 0 Å². The predicted octanol–water partition coefficient (Wildman–Crippen LogP) is 2.45. The lowest BCUT2D eigenvalue weighted by molar-refractivity contribution is 0.0961. The SMILES string of the molecule is c1ccc(OC2CCN(Cc3ccn[nH]3)CC2)cc1. The fourth-order valence-electron chi connectivity index (χ4n) is 2.49. The van der Waals surface area contributed by atoms with E-state index in [-0.39, 0.29) is 0 Å². The number of aromatic nitrogens is 2. The molecule has 1 fully saturated rings. The molecule has 0 unspecified atom stereocenters. The van der Waals surface area contributed by atoms with Crippen LogP contribution < -0.4 is 4.74 Å². The van der Waals surface area contributed by atoms with Gasteiger partial charge in [-0.2, -0.15) is 5.10 Å². The number of piperidine rings is 1. The normalized spacial score (nSPS) is 17.5. The highest BCUT2D eigenvalue weighted by Crippen LogP contribution is 2.19. The van der Waals surface area contributed by atoms with Gasteiger partial charge in [0.25, 0.3) is 0 Å². The van der Waals surface area contributed by atoms with E-state index in [1.807, 2.05) is 36.4 Å². The van der Waals surface area contributed by atoms with Crippen molar-refractivity contribution in [1.82, 2.24) is 15.1 Å². The third-order valence-corrected chi connectivity index (χ3v) is 3.53. The van der Waals surface area contributed by atoms with Gasteiger partial charge in [0.1, 0.15) is 11.9 Å². The van der Waals surface area contributed by atoms with Crippen molar-refractivity contribution in [3.05, 3.63) is 48.3 Å². The van der Waals surface area contributed by atoms with E-state index in [1.165, 1.54) is 5.69 Å². The molecule has 1 aliphatic heterocycles. The summed E-state index contributed by atoms with van der Waals surface area (Å²) in [5.41, 5.74) is 1.18. The van der Waals surface area contributed by atoms with Crippen LogP contribution in [0.15, 0.2) is 42.6 Å². The Balaban J connectivity index is 1.47. The van der Waals surface area contributed by atoms with Crippen molar-refractivity contribution in [2.75, 3.05) is 13.1 Å². The van der Waals surface area contributed by atoms with Gasteiger partial charge < -0.3 is 4.74 Å². The van der Waals surface area contributed by atoms with Gasteiger partial charge in [-0.15, -0.1) is 0 Å². The lowest BCUT2D eigenvalue weighted by atomic mass is 10.1. The maximum absolute atomic E-state index is 5.99. The zero-order valence-electron chi connectivity index (χ0n) is 11.0.